The van der Waals surface area contributed by atoms with Gasteiger partial charge in [-0.05, 0) is 42.0 Å². The number of aromatic nitrogens is 13. The number of amides is 5. The number of methoxy groups -OCH3 is 1. The van der Waals surface area contributed by atoms with E-state index in [0.29, 0.717) is 32.5 Å². The van der Waals surface area contributed by atoms with E-state index >= 15 is 0 Å². The maximum atomic E-state index is 12.2. The summed E-state index contributed by atoms with van der Waals surface area (Å²) in [6.45, 7) is 0. The highest BCUT2D eigenvalue weighted by atomic mass is 32.2. The molecule has 13 heterocycles. The standard InChI is InChI=1S/2C15H10N4O2S.C13H11N3O3S.C11H8N4O2S.C7H4F3N3O2S/c20-13-7-14(22(21)18-13)19-9-11(8-17-19)12-5-1-3-10-4-2-6-16-15(10)12;20-14-7-15(22(21)18-14)19-9-12(8-17-19)11-4-3-10-2-1-5-16-13(10)6-11;1-19-11-5-3-2-4-10(11)9-7-14-16(8-9)13-6-12(17)15-20(13)18;16-10-5-11(18(17)14-10)15-7-8(6-13-15)9-3-1-2-4-12-9;8-7(9,10)4-2-11-13(3-4)6-1-5(14)12-16(6)15/h2*1-9H,(H,18,20);2-8H,1H3,(H,15,17);1-7H,(H,14,16);1-3H,(H,12,14). The normalized spacial score (nSPS) is 18.3. The Balaban J connectivity index is 0.000000117. The van der Waals surface area contributed by atoms with Gasteiger partial charge in [0.1, 0.15) is 5.75 Å². The van der Waals surface area contributed by atoms with Gasteiger partial charge in [0.15, 0.2) is 80.1 Å². The van der Waals surface area contributed by atoms with Crippen LogP contribution in [0.15, 0.2) is 214 Å². The summed E-state index contributed by atoms with van der Waals surface area (Å²) in [6, 6.07) is 32.7. The van der Waals surface area contributed by atoms with Crippen LogP contribution in [0.5, 0.6) is 5.75 Å². The van der Waals surface area contributed by atoms with Gasteiger partial charge in [0.05, 0.1) is 60.4 Å². The maximum absolute atomic E-state index is 12.2. The van der Waals surface area contributed by atoms with Crippen LogP contribution < -0.4 is 28.3 Å². The molecule has 37 heteroatoms. The number of ether oxygens (including phenoxy) is 1. The van der Waals surface area contributed by atoms with Crippen LogP contribution in [0.25, 0.3) is 91.6 Å². The first-order valence-corrected chi connectivity index (χ1v) is 33.8. The molecule has 5 aliphatic heterocycles. The Morgan fingerprint density at radius 1 is 0.398 bits per heavy atom. The van der Waals surface area contributed by atoms with Crippen molar-refractivity contribution in [3.8, 4) is 50.4 Å². The summed E-state index contributed by atoms with van der Waals surface area (Å²) in [5.74, 6) is -1.41. The average molecular weight is 1420 g/mol. The summed E-state index contributed by atoms with van der Waals surface area (Å²) >= 11 is 0. The Morgan fingerprint density at radius 2 is 0.816 bits per heavy atom. The number of benzene rings is 3. The molecule has 0 fully saturated rings. The van der Waals surface area contributed by atoms with Crippen LogP contribution in [-0.2, 0) is 85.1 Å². The molecule has 98 heavy (non-hydrogen) atoms. The molecule has 5 aliphatic rings. The molecule has 0 radical (unpaired) electrons. The third kappa shape index (κ3) is 14.9. The molecule has 29 nitrogen and oxygen atoms in total. The minimum Gasteiger partial charge on any atom is -0.496 e. The van der Waals surface area contributed by atoms with E-state index in [4.69, 9.17) is 4.74 Å². The van der Waals surface area contributed by atoms with Crippen molar-refractivity contribution in [3.05, 3.63) is 220 Å². The molecule has 5 N–H and O–H groups in total. The van der Waals surface area contributed by atoms with Crippen molar-refractivity contribution in [2.75, 3.05) is 7.11 Å². The molecule has 16 rings (SSSR count). The van der Waals surface area contributed by atoms with Crippen LogP contribution >= 0.6 is 0 Å². The van der Waals surface area contributed by atoms with Crippen LogP contribution in [-0.4, -0.2) is 122 Å². The number of rotatable bonds is 10. The first-order chi connectivity index (χ1) is 47.2. The van der Waals surface area contributed by atoms with Crippen LogP contribution in [0.1, 0.15) is 5.56 Å². The Morgan fingerprint density at radius 3 is 1.31 bits per heavy atom. The number of para-hydroxylation sites is 2. The lowest BCUT2D eigenvalue weighted by molar-refractivity contribution is -0.137. The van der Waals surface area contributed by atoms with E-state index < -0.39 is 72.6 Å². The van der Waals surface area contributed by atoms with Crippen molar-refractivity contribution in [2.24, 2.45) is 0 Å². The molecule has 0 aliphatic carbocycles. The Kier molecular flexibility index (Phi) is 19.3. The van der Waals surface area contributed by atoms with Gasteiger partial charge < -0.3 is 4.74 Å². The van der Waals surface area contributed by atoms with Crippen molar-refractivity contribution in [3.63, 3.8) is 0 Å². The molecule has 5 atom stereocenters. The van der Waals surface area contributed by atoms with E-state index in [9.17, 15) is 58.2 Å². The minimum atomic E-state index is -4.52. The minimum absolute atomic E-state index is 0.125. The Labute approximate surface area is 561 Å². The summed E-state index contributed by atoms with van der Waals surface area (Å²) < 4.78 is 118. The Bertz CT molecular complexity index is 5320. The van der Waals surface area contributed by atoms with E-state index in [1.807, 2.05) is 108 Å². The SMILES string of the molecule is COc1ccccc1-c1cnn(C2=CC(=O)NS2=O)c1.O=C1C=C(n2cc(-c3ccc4cccnc4c3)cn2)S(=O)N1.O=C1C=C(n2cc(-c3cccc4cccnc34)cn2)S(=O)N1.O=C1C=C(n2cc(-c3ccccn3)cn2)S(=O)N1.O=C1C=C(n2cc(C(F)(F)F)cn2)S(=O)N1. The number of hydrogen-bond donors (Lipinski definition) is 5. The molecule has 494 valence electrons. The highest BCUT2D eigenvalue weighted by Gasteiger charge is 2.34. The zero-order valence-corrected chi connectivity index (χ0v) is 53.8. The van der Waals surface area contributed by atoms with Gasteiger partial charge in [-0.1, -0.05) is 66.7 Å². The van der Waals surface area contributed by atoms with E-state index in [1.54, 1.807) is 75.3 Å². The molecule has 0 bridgehead atoms. The second-order valence-corrected chi connectivity index (χ2v) is 26.0. The van der Waals surface area contributed by atoms with Crippen LogP contribution in [0.4, 0.5) is 13.2 Å². The van der Waals surface area contributed by atoms with Gasteiger partial charge >= 0.3 is 6.18 Å². The van der Waals surface area contributed by atoms with Gasteiger partial charge in [0.2, 0.25) is 0 Å². The average Bonchev–Trinajstić information content (AvgIpc) is 1.71. The van der Waals surface area contributed by atoms with E-state index in [1.165, 1.54) is 43.0 Å². The molecule has 5 amide bonds. The maximum Gasteiger partial charge on any atom is 0.419 e. The molecule has 0 saturated heterocycles. The summed E-state index contributed by atoms with van der Waals surface area (Å²) in [5.41, 5.74) is 7.68. The van der Waals surface area contributed by atoms with Crippen molar-refractivity contribution < 1.29 is 62.9 Å². The lowest BCUT2D eigenvalue weighted by Gasteiger charge is -2.05. The summed E-state index contributed by atoms with van der Waals surface area (Å²) in [6.07, 6.45) is 21.5. The van der Waals surface area contributed by atoms with Crippen molar-refractivity contribution in [1.29, 1.82) is 0 Å². The fourth-order valence-electron chi connectivity index (χ4n) is 9.37. The number of carbonyl (C=O) groups is 5. The molecule has 3 aromatic carbocycles. The number of alkyl halides is 3. The predicted octanol–water partition coefficient (Wildman–Crippen LogP) is 5.56. The molecule has 0 saturated carbocycles. The second-order valence-electron chi connectivity index (χ2n) is 20.2. The smallest absolute Gasteiger partial charge is 0.419 e. The summed E-state index contributed by atoms with van der Waals surface area (Å²) in [5, 5.41) is 23.3. The quantitative estimate of drug-likeness (QED) is 0.112. The first-order valence-electron chi connectivity index (χ1n) is 28.0. The fourth-order valence-corrected chi connectivity index (χ4v) is 13.5. The largest absolute Gasteiger partial charge is 0.496 e. The predicted molar refractivity (Wildman–Crippen MR) is 356 cm³/mol. The number of nitrogens with zero attached hydrogens (tertiary/aromatic N) is 13. The van der Waals surface area contributed by atoms with Crippen molar-refractivity contribution in [1.82, 2.24) is 87.5 Å². The molecular weight excluding hydrogens is 1380 g/mol. The highest BCUT2D eigenvalue weighted by molar-refractivity contribution is 7.94. The van der Waals surface area contributed by atoms with Crippen molar-refractivity contribution in [2.45, 2.75) is 6.18 Å². The number of carbonyl (C=O) groups excluding carboxylic acids is 5. The van der Waals surface area contributed by atoms with E-state index in [-0.39, 0.29) is 28.7 Å². The van der Waals surface area contributed by atoms with Gasteiger partial charge in [0.25, 0.3) is 29.5 Å². The van der Waals surface area contributed by atoms with E-state index in [2.05, 4.69) is 59.3 Å². The lowest BCUT2D eigenvalue weighted by Crippen LogP contribution is -2.17. The molecule has 11 aromatic rings. The number of nitrogens with one attached hydrogen (secondary N) is 5. The van der Waals surface area contributed by atoms with Gasteiger partial charge in [-0.25, -0.2) is 44.5 Å². The molecule has 0 spiro atoms. The van der Waals surface area contributed by atoms with Crippen molar-refractivity contribution >= 4 is 131 Å². The van der Waals surface area contributed by atoms with Crippen LogP contribution in [0.3, 0.4) is 0 Å². The summed E-state index contributed by atoms with van der Waals surface area (Å²) in [4.78, 5) is 68.5. The highest BCUT2D eigenvalue weighted by Crippen LogP contribution is 2.33. The van der Waals surface area contributed by atoms with Gasteiger partial charge in [-0.15, -0.1) is 0 Å². The molecule has 8 aromatic heterocycles. The second kappa shape index (κ2) is 28.6. The van der Waals surface area contributed by atoms with E-state index in [0.717, 1.165) is 83.0 Å². The van der Waals surface area contributed by atoms with Crippen LogP contribution in [0, 0.1) is 0 Å². The van der Waals surface area contributed by atoms with Gasteiger partial charge in [-0.3, -0.25) is 62.5 Å². The number of fused-ring (bicyclic) bond motifs is 2. The fraction of sp³-hybridized carbons (Fsp3) is 0.0328. The van der Waals surface area contributed by atoms with Crippen LogP contribution in [0.2, 0.25) is 0 Å². The summed E-state index contributed by atoms with van der Waals surface area (Å²) in [7, 11) is -6.49. The lowest BCUT2D eigenvalue weighted by atomic mass is 10.1. The zero-order valence-electron chi connectivity index (χ0n) is 49.7. The zero-order chi connectivity index (χ0) is 68.8. The number of pyridine rings is 3. The first kappa shape index (κ1) is 66.1. The topological polar surface area (TPSA) is 368 Å². The van der Waals surface area contributed by atoms with Gasteiger partial charge in [-0.2, -0.15) is 38.7 Å². The van der Waals surface area contributed by atoms with Gasteiger partial charge in [0, 0.05) is 124 Å². The third-order valence-corrected chi connectivity index (χ3v) is 19.2. The number of halogens is 3. The Hall–Kier alpha value is -11.9. The molecule has 5 unspecified atom stereocenters. The monoisotopic (exact) mass is 1420 g/mol. The number of hydrogen-bond acceptors (Lipinski definition) is 19. The third-order valence-electron chi connectivity index (χ3n) is 13.8. The molecular formula is C61H43F3N18O11S5.